The molecule has 0 aromatic carbocycles. The molecule has 52 valence electrons. The van der Waals surface area contributed by atoms with E-state index in [4.69, 9.17) is 0 Å². The summed E-state index contributed by atoms with van der Waals surface area (Å²) < 4.78 is 0. The highest BCUT2D eigenvalue weighted by molar-refractivity contribution is 9.09. The van der Waals surface area contributed by atoms with Gasteiger partial charge in [-0.15, -0.1) is 6.58 Å². The van der Waals surface area contributed by atoms with Gasteiger partial charge < -0.3 is 0 Å². The van der Waals surface area contributed by atoms with E-state index in [1.54, 1.807) is 0 Å². The molecule has 0 unspecified atom stereocenters. The third-order valence-corrected chi connectivity index (χ3v) is 1.41. The molecule has 0 aliphatic rings. The van der Waals surface area contributed by atoms with Gasteiger partial charge in [-0.2, -0.15) is 0 Å². The Morgan fingerprint density at radius 2 is 2.00 bits per heavy atom. The lowest BCUT2D eigenvalue weighted by atomic mass is 10.2. The molecule has 0 aliphatic heterocycles. The molecule has 1 heteroatoms. The Morgan fingerprint density at radius 3 is 2.56 bits per heavy atom. The van der Waals surface area contributed by atoms with E-state index in [1.807, 2.05) is 6.08 Å². The summed E-state index contributed by atoms with van der Waals surface area (Å²) in [5, 5.41) is 0.973. The number of unbranched alkanes of at least 4 members (excludes halogenated alkanes) is 2. The van der Waals surface area contributed by atoms with Crippen molar-refractivity contribution in [1.82, 2.24) is 0 Å². The minimum Gasteiger partial charge on any atom is -0.103 e. The summed E-state index contributed by atoms with van der Waals surface area (Å²) in [6.07, 6.45) is 9.82. The molecular formula is C8H13Br. The molecule has 0 nitrogen and oxygen atoms in total. The summed E-state index contributed by atoms with van der Waals surface area (Å²) in [6.45, 7) is 3.65. The Hall–Kier alpha value is -0.0400. The molecule has 0 aromatic heterocycles. The van der Waals surface area contributed by atoms with E-state index in [-0.39, 0.29) is 0 Å². The highest BCUT2D eigenvalue weighted by atomic mass is 79.9. The lowest BCUT2D eigenvalue weighted by molar-refractivity contribution is 0.869. The zero-order valence-corrected chi connectivity index (χ0v) is 7.23. The van der Waals surface area contributed by atoms with Crippen LogP contribution in [0, 0.1) is 0 Å². The largest absolute Gasteiger partial charge is 0.103 e. The van der Waals surface area contributed by atoms with E-state index < -0.39 is 0 Å². The molecule has 0 bridgehead atoms. The minimum atomic E-state index is 0.973. The number of hydrogen-bond donors (Lipinski definition) is 0. The molecule has 0 amide bonds. The molecular weight excluding hydrogens is 176 g/mol. The van der Waals surface area contributed by atoms with Crippen LogP contribution in [0.1, 0.15) is 19.3 Å². The van der Waals surface area contributed by atoms with Gasteiger partial charge in [-0.05, 0) is 19.3 Å². The molecule has 0 spiro atoms. The van der Waals surface area contributed by atoms with Gasteiger partial charge in [-0.25, -0.2) is 0 Å². The quantitative estimate of drug-likeness (QED) is 0.353. The first-order valence-corrected chi connectivity index (χ1v) is 4.36. The van der Waals surface area contributed by atoms with Crippen molar-refractivity contribution in [3.05, 3.63) is 24.8 Å². The van der Waals surface area contributed by atoms with E-state index in [9.17, 15) is 0 Å². The van der Waals surface area contributed by atoms with Gasteiger partial charge >= 0.3 is 0 Å². The number of halogens is 1. The van der Waals surface area contributed by atoms with Crippen LogP contribution in [0.2, 0.25) is 0 Å². The predicted molar refractivity (Wildman–Crippen MR) is 47.0 cm³/mol. The van der Waals surface area contributed by atoms with Crippen LogP contribution in [0.5, 0.6) is 0 Å². The number of hydrogen-bond acceptors (Lipinski definition) is 0. The highest BCUT2D eigenvalue weighted by Crippen LogP contribution is 1.96. The second-order valence-corrected chi connectivity index (χ2v) is 2.49. The van der Waals surface area contributed by atoms with Gasteiger partial charge in [-0.1, -0.05) is 34.2 Å². The van der Waals surface area contributed by atoms with Crippen molar-refractivity contribution in [3.63, 3.8) is 0 Å². The summed E-state index contributed by atoms with van der Waals surface area (Å²) in [5.74, 6) is 0. The predicted octanol–water partition coefficient (Wildman–Crippen LogP) is 3.29. The van der Waals surface area contributed by atoms with Crippen molar-refractivity contribution in [1.29, 1.82) is 0 Å². The zero-order valence-electron chi connectivity index (χ0n) is 5.65. The van der Waals surface area contributed by atoms with Crippen LogP contribution in [-0.2, 0) is 0 Å². The first-order chi connectivity index (χ1) is 4.41. The number of alkyl halides is 1. The maximum absolute atomic E-state index is 3.65. The lowest BCUT2D eigenvalue weighted by Gasteiger charge is -1.86. The minimum absolute atomic E-state index is 0.973. The summed E-state index contributed by atoms with van der Waals surface area (Å²) in [7, 11) is 0. The molecule has 9 heavy (non-hydrogen) atoms. The first-order valence-electron chi connectivity index (χ1n) is 3.23. The molecule has 0 rings (SSSR count). The van der Waals surface area contributed by atoms with Gasteiger partial charge in [0.1, 0.15) is 0 Å². The van der Waals surface area contributed by atoms with Crippen LogP contribution in [0.15, 0.2) is 24.8 Å². The molecule has 0 aromatic rings. The van der Waals surface area contributed by atoms with Gasteiger partial charge in [0, 0.05) is 5.33 Å². The second-order valence-electron chi connectivity index (χ2n) is 1.85. The fourth-order valence-corrected chi connectivity index (χ4v) is 0.825. The van der Waals surface area contributed by atoms with E-state index in [0.717, 1.165) is 11.8 Å². The van der Waals surface area contributed by atoms with E-state index >= 15 is 0 Å². The number of allylic oxidation sites excluding steroid dienone is 3. The maximum Gasteiger partial charge on any atom is 0.0212 e. The van der Waals surface area contributed by atoms with Gasteiger partial charge in [-0.3, -0.25) is 0 Å². The zero-order chi connectivity index (χ0) is 6.95. The second kappa shape index (κ2) is 7.96. The maximum atomic E-state index is 3.65. The van der Waals surface area contributed by atoms with Crippen LogP contribution in [0.3, 0.4) is 0 Å². The van der Waals surface area contributed by atoms with Crippen LogP contribution in [0.25, 0.3) is 0 Å². The van der Waals surface area contributed by atoms with Crippen LogP contribution >= 0.6 is 15.9 Å². The molecule has 0 fully saturated rings. The average molecular weight is 189 g/mol. The van der Waals surface area contributed by atoms with Gasteiger partial charge in [0.05, 0.1) is 0 Å². The van der Waals surface area contributed by atoms with E-state index in [0.29, 0.717) is 0 Å². The first kappa shape index (κ1) is 8.96. The fraction of sp³-hybridized carbons (Fsp3) is 0.500. The normalized spacial score (nSPS) is 10.3. The Morgan fingerprint density at radius 1 is 1.22 bits per heavy atom. The molecule has 0 saturated heterocycles. The Labute approximate surface area is 65.8 Å². The van der Waals surface area contributed by atoms with Crippen molar-refractivity contribution in [2.75, 3.05) is 5.33 Å². The molecule has 0 aliphatic carbocycles. The van der Waals surface area contributed by atoms with Crippen molar-refractivity contribution >= 4 is 15.9 Å². The standard InChI is InChI=1S/C8H13Br/c1-2-3-4-5-6-7-8-9/h2,6-7H,1,3-5,8H2. The SMILES string of the molecule is C=CCCCC=CCBr. The third-order valence-electron chi connectivity index (χ3n) is 1.03. The molecule has 0 N–H and O–H groups in total. The fourth-order valence-electron chi connectivity index (χ4n) is 0.561. The van der Waals surface area contributed by atoms with E-state index in [1.165, 1.54) is 12.8 Å². The topological polar surface area (TPSA) is 0 Å². The van der Waals surface area contributed by atoms with Gasteiger partial charge in [0.2, 0.25) is 0 Å². The summed E-state index contributed by atoms with van der Waals surface area (Å²) >= 11 is 3.31. The smallest absolute Gasteiger partial charge is 0.0212 e. The Bertz CT molecular complexity index is 84.6. The lowest BCUT2D eigenvalue weighted by Crippen LogP contribution is -1.67. The van der Waals surface area contributed by atoms with Crippen LogP contribution in [0.4, 0.5) is 0 Å². The number of rotatable bonds is 5. The van der Waals surface area contributed by atoms with Crippen LogP contribution in [-0.4, -0.2) is 5.33 Å². The molecule has 0 radical (unpaired) electrons. The van der Waals surface area contributed by atoms with Crippen molar-refractivity contribution in [2.24, 2.45) is 0 Å². The van der Waals surface area contributed by atoms with Gasteiger partial charge in [0.15, 0.2) is 0 Å². The van der Waals surface area contributed by atoms with Crippen molar-refractivity contribution in [3.8, 4) is 0 Å². The summed E-state index contributed by atoms with van der Waals surface area (Å²) in [5.41, 5.74) is 0. The molecule has 0 atom stereocenters. The van der Waals surface area contributed by atoms with Crippen molar-refractivity contribution in [2.45, 2.75) is 19.3 Å². The average Bonchev–Trinajstić information content (AvgIpc) is 1.89. The van der Waals surface area contributed by atoms with E-state index in [2.05, 4.69) is 34.7 Å². The third kappa shape index (κ3) is 7.96. The Balaban J connectivity index is 2.90. The van der Waals surface area contributed by atoms with Gasteiger partial charge in [0.25, 0.3) is 0 Å². The van der Waals surface area contributed by atoms with Crippen molar-refractivity contribution < 1.29 is 0 Å². The highest BCUT2D eigenvalue weighted by Gasteiger charge is 1.77. The Kier molecular flexibility index (Phi) is 7.92. The monoisotopic (exact) mass is 188 g/mol. The summed E-state index contributed by atoms with van der Waals surface area (Å²) in [4.78, 5) is 0. The molecule has 0 saturated carbocycles. The molecule has 0 heterocycles. The summed E-state index contributed by atoms with van der Waals surface area (Å²) in [6, 6.07) is 0. The van der Waals surface area contributed by atoms with Crippen LogP contribution < -0.4 is 0 Å².